The van der Waals surface area contributed by atoms with Gasteiger partial charge in [0, 0.05) is 14.5 Å². The van der Waals surface area contributed by atoms with Gasteiger partial charge in [-0.05, 0) is 25.1 Å². The zero-order chi connectivity index (χ0) is 12.6. The Morgan fingerprint density at radius 2 is 1.88 bits per heavy atom. The maximum atomic E-state index is 11.1. The van der Waals surface area contributed by atoms with Crippen molar-refractivity contribution in [2.24, 2.45) is 0 Å². The third-order valence-corrected chi connectivity index (χ3v) is 3.13. The minimum atomic E-state index is -1.05. The average molecular weight is 361 g/mol. The van der Waals surface area contributed by atoms with Crippen LogP contribution in [0.3, 0.4) is 0 Å². The molecule has 0 unspecified atom stereocenters. The Kier molecular flexibility index (Phi) is 3.35. The number of hydrogen-bond acceptors (Lipinski definition) is 3. The number of aromatic nitrogens is 1. The van der Waals surface area contributed by atoms with Gasteiger partial charge in [-0.15, -0.1) is 0 Å². The molecule has 1 heterocycles. The predicted molar refractivity (Wildman–Crippen MR) is 69.0 cm³/mol. The van der Waals surface area contributed by atoms with Crippen molar-refractivity contribution in [2.75, 3.05) is 0 Å². The van der Waals surface area contributed by atoms with Crippen LogP contribution in [0, 0.1) is 6.92 Å². The molecule has 0 saturated carbocycles. The molecule has 88 valence electrons. The first-order valence-corrected chi connectivity index (χ1v) is 6.23. The van der Waals surface area contributed by atoms with Crippen molar-refractivity contribution in [3.05, 3.63) is 38.5 Å². The van der Waals surface area contributed by atoms with Gasteiger partial charge in [0.25, 0.3) is 0 Å². The maximum Gasteiger partial charge on any atom is 0.341 e. The van der Waals surface area contributed by atoms with Crippen molar-refractivity contribution in [3.8, 4) is 11.3 Å². The maximum absolute atomic E-state index is 11.1. The summed E-state index contributed by atoms with van der Waals surface area (Å²) in [6, 6.07) is 5.43. The van der Waals surface area contributed by atoms with Crippen LogP contribution in [0.25, 0.3) is 11.3 Å². The molecule has 0 aliphatic heterocycles. The zero-order valence-corrected chi connectivity index (χ0v) is 11.9. The van der Waals surface area contributed by atoms with E-state index in [0.717, 1.165) is 8.95 Å². The van der Waals surface area contributed by atoms with Gasteiger partial charge >= 0.3 is 5.97 Å². The Bertz CT molecular complexity index is 572. The highest BCUT2D eigenvalue weighted by molar-refractivity contribution is 9.11. The second-order valence-electron chi connectivity index (χ2n) is 3.43. The van der Waals surface area contributed by atoms with Gasteiger partial charge in [-0.1, -0.05) is 37.0 Å². The molecule has 1 N–H and O–H groups in total. The van der Waals surface area contributed by atoms with Crippen LogP contribution in [0.2, 0.25) is 0 Å². The molecular weight excluding hydrogens is 354 g/mol. The molecule has 4 nitrogen and oxygen atoms in total. The Balaban J connectivity index is 2.64. The summed E-state index contributed by atoms with van der Waals surface area (Å²) in [6.45, 7) is 1.58. The lowest BCUT2D eigenvalue weighted by molar-refractivity contribution is 0.0696. The fourth-order valence-electron chi connectivity index (χ4n) is 1.51. The van der Waals surface area contributed by atoms with Crippen molar-refractivity contribution in [1.82, 2.24) is 5.16 Å². The lowest BCUT2D eigenvalue weighted by atomic mass is 10.1. The average Bonchev–Trinajstić information content (AvgIpc) is 2.58. The van der Waals surface area contributed by atoms with Crippen LogP contribution in [0.5, 0.6) is 0 Å². The number of benzene rings is 1. The van der Waals surface area contributed by atoms with Crippen molar-refractivity contribution in [1.29, 1.82) is 0 Å². The first-order valence-electron chi connectivity index (χ1n) is 4.65. The van der Waals surface area contributed by atoms with E-state index >= 15 is 0 Å². The van der Waals surface area contributed by atoms with Crippen LogP contribution in [0.1, 0.15) is 16.1 Å². The summed E-state index contributed by atoms with van der Waals surface area (Å²) in [5.74, 6) is -0.751. The van der Waals surface area contributed by atoms with Gasteiger partial charge in [0.15, 0.2) is 0 Å². The van der Waals surface area contributed by atoms with Crippen LogP contribution >= 0.6 is 31.9 Å². The molecule has 1 aromatic heterocycles. The van der Waals surface area contributed by atoms with E-state index in [4.69, 9.17) is 9.63 Å². The van der Waals surface area contributed by atoms with Crippen LogP contribution in [0.15, 0.2) is 31.7 Å². The van der Waals surface area contributed by atoms with Gasteiger partial charge < -0.3 is 9.63 Å². The summed E-state index contributed by atoms with van der Waals surface area (Å²) in [5.41, 5.74) is 1.10. The molecular formula is C11H7Br2NO3. The number of nitrogens with zero attached hydrogens (tertiary/aromatic N) is 1. The van der Waals surface area contributed by atoms with E-state index in [1.165, 1.54) is 0 Å². The summed E-state index contributed by atoms with van der Waals surface area (Å²) in [5, 5.41) is 12.9. The van der Waals surface area contributed by atoms with Crippen molar-refractivity contribution >= 4 is 37.8 Å². The Morgan fingerprint density at radius 1 is 1.29 bits per heavy atom. The smallest absolute Gasteiger partial charge is 0.341 e. The number of halogens is 2. The van der Waals surface area contributed by atoms with Crippen molar-refractivity contribution < 1.29 is 14.4 Å². The summed E-state index contributed by atoms with van der Waals surface area (Å²) in [4.78, 5) is 11.1. The number of carboxylic acid groups (broad SMARTS) is 1. The molecule has 0 aliphatic carbocycles. The number of carboxylic acids is 1. The molecule has 1 aromatic carbocycles. The van der Waals surface area contributed by atoms with Gasteiger partial charge in [0.2, 0.25) is 0 Å². The predicted octanol–water partition coefficient (Wildman–Crippen LogP) is 3.87. The Hall–Kier alpha value is -1.14. The van der Waals surface area contributed by atoms with Gasteiger partial charge in [-0.2, -0.15) is 0 Å². The third kappa shape index (κ3) is 2.42. The number of hydrogen-bond donors (Lipinski definition) is 1. The van der Waals surface area contributed by atoms with E-state index in [1.54, 1.807) is 19.1 Å². The fourth-order valence-corrected chi connectivity index (χ4v) is 2.81. The van der Waals surface area contributed by atoms with Crippen molar-refractivity contribution in [3.63, 3.8) is 0 Å². The molecule has 17 heavy (non-hydrogen) atoms. The highest BCUT2D eigenvalue weighted by Crippen LogP contribution is 2.30. The highest BCUT2D eigenvalue weighted by Gasteiger charge is 2.21. The Morgan fingerprint density at radius 3 is 2.41 bits per heavy atom. The van der Waals surface area contributed by atoms with Crippen molar-refractivity contribution in [2.45, 2.75) is 6.92 Å². The Labute approximate surface area is 114 Å². The largest absolute Gasteiger partial charge is 0.477 e. The summed E-state index contributed by atoms with van der Waals surface area (Å²) in [6.07, 6.45) is 0. The number of aromatic carboxylic acids is 1. The highest BCUT2D eigenvalue weighted by atomic mass is 79.9. The molecule has 0 saturated heterocycles. The van der Waals surface area contributed by atoms with Gasteiger partial charge in [-0.3, -0.25) is 0 Å². The molecule has 0 radical (unpaired) electrons. The normalized spacial score (nSPS) is 10.5. The van der Waals surface area contributed by atoms with Gasteiger partial charge in [0.05, 0.1) is 0 Å². The molecule has 6 heteroatoms. The van der Waals surface area contributed by atoms with Crippen LogP contribution in [-0.4, -0.2) is 16.2 Å². The first kappa shape index (κ1) is 12.3. The van der Waals surface area contributed by atoms with Crippen LogP contribution in [-0.2, 0) is 0 Å². The number of rotatable bonds is 2. The molecule has 0 bridgehead atoms. The monoisotopic (exact) mass is 359 g/mol. The van der Waals surface area contributed by atoms with E-state index in [-0.39, 0.29) is 5.56 Å². The van der Waals surface area contributed by atoms with Gasteiger partial charge in [0.1, 0.15) is 17.0 Å². The van der Waals surface area contributed by atoms with E-state index in [1.807, 2.05) is 6.07 Å². The summed E-state index contributed by atoms with van der Waals surface area (Å²) >= 11 is 6.69. The minimum absolute atomic E-state index is 0.0926. The molecule has 0 amide bonds. The SMILES string of the molecule is Cc1onc(-c2cc(Br)cc(Br)c2)c1C(=O)O. The van der Waals surface area contributed by atoms with E-state index in [0.29, 0.717) is 17.0 Å². The lowest BCUT2D eigenvalue weighted by Crippen LogP contribution is -1.99. The third-order valence-electron chi connectivity index (χ3n) is 2.21. The zero-order valence-electron chi connectivity index (χ0n) is 8.70. The van der Waals surface area contributed by atoms with E-state index < -0.39 is 5.97 Å². The fraction of sp³-hybridized carbons (Fsp3) is 0.0909. The molecule has 0 atom stereocenters. The number of aryl methyl sites for hydroxylation is 1. The summed E-state index contributed by atoms with van der Waals surface area (Å²) < 4.78 is 6.59. The van der Waals surface area contributed by atoms with E-state index in [9.17, 15) is 4.79 Å². The van der Waals surface area contributed by atoms with Crippen LogP contribution < -0.4 is 0 Å². The standard InChI is InChI=1S/C11H7Br2NO3/c1-5-9(11(15)16)10(14-17-5)6-2-7(12)4-8(13)3-6/h2-4H,1H3,(H,15,16). The molecule has 2 rings (SSSR count). The lowest BCUT2D eigenvalue weighted by Gasteiger charge is -2.01. The first-order chi connectivity index (χ1) is 7.99. The molecule has 0 aliphatic rings. The quantitative estimate of drug-likeness (QED) is 0.882. The van der Waals surface area contributed by atoms with Crippen LogP contribution in [0.4, 0.5) is 0 Å². The second kappa shape index (κ2) is 4.62. The second-order valence-corrected chi connectivity index (χ2v) is 5.26. The molecule has 0 spiro atoms. The molecule has 2 aromatic rings. The van der Waals surface area contributed by atoms with Gasteiger partial charge in [-0.25, -0.2) is 4.79 Å². The molecule has 0 fully saturated rings. The topological polar surface area (TPSA) is 63.3 Å². The van der Waals surface area contributed by atoms with E-state index in [2.05, 4.69) is 37.0 Å². The number of carbonyl (C=O) groups is 1. The summed E-state index contributed by atoms with van der Waals surface area (Å²) in [7, 11) is 0. The minimum Gasteiger partial charge on any atom is -0.477 e.